The van der Waals surface area contributed by atoms with Crippen molar-refractivity contribution in [3.63, 3.8) is 0 Å². The Morgan fingerprint density at radius 1 is 0.919 bits per heavy atom. The number of ether oxygens (including phenoxy) is 1. The topological polar surface area (TPSA) is 70.2 Å². The number of anilines is 1. The van der Waals surface area contributed by atoms with Gasteiger partial charge in [-0.1, -0.05) is 35.9 Å². The predicted molar refractivity (Wildman–Crippen MR) is 140 cm³/mol. The molecule has 2 aliphatic rings. The highest BCUT2D eigenvalue weighted by Gasteiger charge is 2.29. The third-order valence-electron chi connectivity index (χ3n) is 6.81. The first-order valence-electron chi connectivity index (χ1n) is 12.1. The molecule has 7 nitrogen and oxygen atoms in total. The molecule has 194 valence electrons. The summed E-state index contributed by atoms with van der Waals surface area (Å²) >= 11 is 6.36. The van der Waals surface area contributed by atoms with Crippen LogP contribution in [0.5, 0.6) is 5.75 Å². The zero-order valence-electron chi connectivity index (χ0n) is 20.1. The minimum absolute atomic E-state index is 0.0903. The third kappa shape index (κ3) is 5.58. The molecule has 0 aromatic heterocycles. The maximum absolute atomic E-state index is 13.2. The summed E-state index contributed by atoms with van der Waals surface area (Å²) in [5, 5.41) is 0.132. The van der Waals surface area contributed by atoms with Gasteiger partial charge >= 0.3 is 0 Å². The average molecular weight is 544 g/mol. The fourth-order valence-corrected chi connectivity index (χ4v) is 6.43. The first-order valence-corrected chi connectivity index (χ1v) is 13.9. The summed E-state index contributed by atoms with van der Waals surface area (Å²) in [5.74, 6) is -0.210. The van der Waals surface area contributed by atoms with E-state index in [2.05, 4.69) is 4.90 Å². The van der Waals surface area contributed by atoms with Gasteiger partial charge in [0.15, 0.2) is 6.61 Å². The van der Waals surface area contributed by atoms with Crippen molar-refractivity contribution in [2.24, 2.45) is 0 Å². The Morgan fingerprint density at radius 3 is 2.32 bits per heavy atom. The summed E-state index contributed by atoms with van der Waals surface area (Å²) in [6.45, 7) is 2.81. The molecule has 0 N–H and O–H groups in total. The molecule has 1 amide bonds. The molecule has 5 rings (SSSR count). The van der Waals surface area contributed by atoms with Crippen molar-refractivity contribution in [2.75, 3.05) is 44.2 Å². The van der Waals surface area contributed by atoms with Gasteiger partial charge in [-0.2, -0.15) is 4.31 Å². The van der Waals surface area contributed by atoms with Crippen molar-refractivity contribution in [3.05, 3.63) is 88.7 Å². The van der Waals surface area contributed by atoms with E-state index in [4.69, 9.17) is 16.3 Å². The van der Waals surface area contributed by atoms with Crippen molar-refractivity contribution in [3.8, 4) is 5.75 Å². The number of piperazine rings is 1. The zero-order chi connectivity index (χ0) is 26.0. The lowest BCUT2D eigenvalue weighted by atomic mass is 10.0. The second-order valence-electron chi connectivity index (χ2n) is 9.08. The number of hydrogen-bond donors (Lipinski definition) is 0. The summed E-state index contributed by atoms with van der Waals surface area (Å²) in [5.41, 5.74) is 3.08. The van der Waals surface area contributed by atoms with Crippen molar-refractivity contribution in [2.45, 2.75) is 17.9 Å². The molecule has 0 saturated carbocycles. The molecule has 0 spiro atoms. The Labute approximate surface area is 221 Å². The fourth-order valence-electron chi connectivity index (χ4n) is 4.68. The van der Waals surface area contributed by atoms with Crippen LogP contribution >= 0.6 is 11.6 Å². The quantitative estimate of drug-likeness (QED) is 0.471. The van der Waals surface area contributed by atoms with Crippen LogP contribution < -0.4 is 9.64 Å². The molecule has 0 unspecified atom stereocenters. The van der Waals surface area contributed by atoms with Crippen LogP contribution in [0.4, 0.5) is 10.1 Å². The van der Waals surface area contributed by atoms with Crippen LogP contribution in [0.25, 0.3) is 0 Å². The Morgan fingerprint density at radius 2 is 1.62 bits per heavy atom. The van der Waals surface area contributed by atoms with E-state index in [0.717, 1.165) is 16.8 Å². The number of benzene rings is 3. The van der Waals surface area contributed by atoms with Crippen LogP contribution in [0.3, 0.4) is 0 Å². The van der Waals surface area contributed by atoms with Gasteiger partial charge in [-0.15, -0.1) is 0 Å². The van der Waals surface area contributed by atoms with Crippen molar-refractivity contribution < 1.29 is 22.3 Å². The van der Waals surface area contributed by atoms with E-state index in [1.165, 1.54) is 34.6 Å². The van der Waals surface area contributed by atoms with Gasteiger partial charge in [-0.25, -0.2) is 12.8 Å². The van der Waals surface area contributed by atoms with E-state index < -0.39 is 10.0 Å². The molecule has 0 radical (unpaired) electrons. The van der Waals surface area contributed by atoms with Crippen LogP contribution in [0, 0.1) is 5.82 Å². The Hall–Kier alpha value is -3.14. The summed E-state index contributed by atoms with van der Waals surface area (Å²) in [7, 11) is -3.73. The fraction of sp³-hybridized carbons (Fsp3) is 0.296. The molecule has 0 atom stereocenters. The molecule has 1 saturated heterocycles. The number of rotatable bonds is 6. The van der Waals surface area contributed by atoms with Crippen molar-refractivity contribution >= 4 is 33.2 Å². The Balaban J connectivity index is 1.17. The first-order chi connectivity index (χ1) is 17.8. The molecule has 1 fully saturated rings. The SMILES string of the molecule is O=C(COc1ccc(S(=O)(=O)N2CCc3ccccc3C2)cc1Cl)N1CCN(c2ccc(F)cc2)CC1. The number of halogens is 2. The molecular weight excluding hydrogens is 517 g/mol. The molecule has 3 aromatic rings. The molecule has 0 aliphatic carbocycles. The van der Waals surface area contributed by atoms with Crippen LogP contribution in [-0.4, -0.2) is 62.9 Å². The largest absolute Gasteiger partial charge is 0.482 e. The van der Waals surface area contributed by atoms with Crippen LogP contribution in [0.15, 0.2) is 71.6 Å². The second-order valence-corrected chi connectivity index (χ2v) is 11.4. The number of fused-ring (bicyclic) bond motifs is 1. The number of nitrogens with zero attached hydrogens (tertiary/aromatic N) is 3. The van der Waals surface area contributed by atoms with Gasteiger partial charge in [0.05, 0.1) is 9.92 Å². The monoisotopic (exact) mass is 543 g/mol. The van der Waals surface area contributed by atoms with Gasteiger partial charge in [0.1, 0.15) is 11.6 Å². The number of carbonyl (C=O) groups excluding carboxylic acids is 1. The summed E-state index contributed by atoms with van der Waals surface area (Å²) in [6.07, 6.45) is 0.657. The Kier molecular flexibility index (Phi) is 7.37. The first kappa shape index (κ1) is 25.5. The standard InChI is InChI=1S/C27H27ClFN3O4S/c28-25-17-24(37(34,35)32-12-11-20-3-1-2-4-21(20)18-32)9-10-26(25)36-19-27(33)31-15-13-30(14-16-31)23-7-5-22(29)6-8-23/h1-10,17H,11-16,18-19H2. The van der Waals surface area contributed by atoms with E-state index in [1.54, 1.807) is 17.0 Å². The van der Waals surface area contributed by atoms with E-state index in [0.29, 0.717) is 45.7 Å². The molecule has 0 bridgehead atoms. The second kappa shape index (κ2) is 10.7. The van der Waals surface area contributed by atoms with E-state index in [1.807, 2.05) is 24.3 Å². The molecule has 3 aromatic carbocycles. The maximum Gasteiger partial charge on any atom is 0.260 e. The van der Waals surface area contributed by atoms with Gasteiger partial charge in [0.25, 0.3) is 5.91 Å². The van der Waals surface area contributed by atoms with Crippen LogP contribution in [0.2, 0.25) is 5.02 Å². The highest BCUT2D eigenvalue weighted by molar-refractivity contribution is 7.89. The molecule has 2 aliphatic heterocycles. The number of sulfonamides is 1. The number of amides is 1. The molecular formula is C27H27ClFN3O4S. The highest BCUT2D eigenvalue weighted by Crippen LogP contribution is 2.31. The lowest BCUT2D eigenvalue weighted by Crippen LogP contribution is -2.50. The van der Waals surface area contributed by atoms with E-state index in [-0.39, 0.29) is 34.0 Å². The van der Waals surface area contributed by atoms with Gasteiger partial charge in [0.2, 0.25) is 10.0 Å². The van der Waals surface area contributed by atoms with Gasteiger partial charge in [-0.05, 0) is 60.0 Å². The smallest absolute Gasteiger partial charge is 0.260 e. The van der Waals surface area contributed by atoms with Crippen LogP contribution in [0.1, 0.15) is 11.1 Å². The molecule has 10 heteroatoms. The normalized spacial score (nSPS) is 16.4. The predicted octanol–water partition coefficient (Wildman–Crippen LogP) is 3.95. The van der Waals surface area contributed by atoms with Gasteiger partial charge in [-0.3, -0.25) is 4.79 Å². The lowest BCUT2D eigenvalue weighted by Gasteiger charge is -2.36. The lowest BCUT2D eigenvalue weighted by molar-refractivity contribution is -0.133. The Bertz CT molecular complexity index is 1390. The zero-order valence-corrected chi connectivity index (χ0v) is 21.7. The summed E-state index contributed by atoms with van der Waals surface area (Å²) in [6, 6.07) is 18.5. The minimum Gasteiger partial charge on any atom is -0.482 e. The summed E-state index contributed by atoms with van der Waals surface area (Å²) < 4.78 is 46.7. The number of hydrogen-bond acceptors (Lipinski definition) is 5. The molecule has 37 heavy (non-hydrogen) atoms. The summed E-state index contributed by atoms with van der Waals surface area (Å²) in [4.78, 5) is 16.6. The highest BCUT2D eigenvalue weighted by atomic mass is 35.5. The minimum atomic E-state index is -3.73. The third-order valence-corrected chi connectivity index (χ3v) is 8.95. The van der Waals surface area contributed by atoms with E-state index >= 15 is 0 Å². The average Bonchev–Trinajstić information content (AvgIpc) is 2.92. The number of carbonyl (C=O) groups is 1. The van der Waals surface area contributed by atoms with Crippen molar-refractivity contribution in [1.29, 1.82) is 0 Å². The van der Waals surface area contributed by atoms with Gasteiger partial charge in [0, 0.05) is 45.0 Å². The molecule has 2 heterocycles. The van der Waals surface area contributed by atoms with Gasteiger partial charge < -0.3 is 14.5 Å². The maximum atomic E-state index is 13.2. The van der Waals surface area contributed by atoms with Crippen molar-refractivity contribution in [1.82, 2.24) is 9.21 Å². The van der Waals surface area contributed by atoms with E-state index in [9.17, 15) is 17.6 Å². The van der Waals surface area contributed by atoms with Crippen LogP contribution in [-0.2, 0) is 27.8 Å².